The maximum atomic E-state index is 8.43. The molecule has 1 N–H and O–H groups in total. The fourth-order valence-electron chi connectivity index (χ4n) is 1.78. The second-order valence-electron chi connectivity index (χ2n) is 3.71. The largest absolute Gasteiger partial charge is 0.252 e. The van der Waals surface area contributed by atoms with E-state index in [0.717, 1.165) is 6.42 Å². The average Bonchev–Trinajstić information content (AvgIpc) is 2.09. The molecule has 0 aromatic rings. The highest BCUT2D eigenvalue weighted by atomic mass is 17.1. The monoisotopic (exact) mass is 170 g/mol. The molecule has 1 atom stereocenters. The van der Waals surface area contributed by atoms with E-state index >= 15 is 0 Å². The molecule has 0 bridgehead atoms. The molecule has 0 amide bonds. The van der Waals surface area contributed by atoms with Crippen molar-refractivity contribution in [1.29, 1.82) is 0 Å². The van der Waals surface area contributed by atoms with E-state index < -0.39 is 0 Å². The molecule has 70 valence electrons. The Morgan fingerprint density at radius 2 is 2.08 bits per heavy atom. The Bertz CT molecular complexity index is 173. The molecule has 2 nitrogen and oxygen atoms in total. The predicted molar refractivity (Wildman–Crippen MR) is 49.0 cm³/mol. The first-order valence-corrected chi connectivity index (χ1v) is 4.71. The van der Waals surface area contributed by atoms with E-state index in [1.54, 1.807) is 0 Å². The quantitative estimate of drug-likeness (QED) is 0.400. The molecular formula is C10H18O2. The minimum atomic E-state index is -0.0481. The molecule has 12 heavy (non-hydrogen) atoms. The molecular weight excluding hydrogens is 152 g/mol. The van der Waals surface area contributed by atoms with Crippen molar-refractivity contribution in [2.75, 3.05) is 0 Å². The zero-order valence-electron chi connectivity index (χ0n) is 7.97. The van der Waals surface area contributed by atoms with Gasteiger partial charge in [0.2, 0.25) is 0 Å². The van der Waals surface area contributed by atoms with Gasteiger partial charge in [0.15, 0.2) is 0 Å². The van der Waals surface area contributed by atoms with Gasteiger partial charge in [0, 0.05) is 0 Å². The normalized spacial score (nSPS) is 21.2. The average molecular weight is 170 g/mol. The minimum Gasteiger partial charge on any atom is -0.252 e. The second-order valence-corrected chi connectivity index (χ2v) is 3.71. The van der Waals surface area contributed by atoms with Crippen LogP contribution in [-0.2, 0) is 4.89 Å². The van der Waals surface area contributed by atoms with E-state index in [2.05, 4.69) is 11.8 Å². The van der Waals surface area contributed by atoms with Crippen molar-refractivity contribution in [3.8, 4) is 0 Å². The van der Waals surface area contributed by atoms with Crippen LogP contribution in [0.4, 0.5) is 0 Å². The van der Waals surface area contributed by atoms with Crippen LogP contribution in [-0.4, -0.2) is 11.4 Å². The van der Waals surface area contributed by atoms with Crippen LogP contribution in [0.5, 0.6) is 0 Å². The Balaban J connectivity index is 2.48. The Kier molecular flexibility index (Phi) is 3.76. The first kappa shape index (κ1) is 9.75. The van der Waals surface area contributed by atoms with Crippen molar-refractivity contribution in [1.82, 2.24) is 0 Å². The summed E-state index contributed by atoms with van der Waals surface area (Å²) in [6.07, 6.45) is 5.89. The lowest BCUT2D eigenvalue weighted by molar-refractivity contribution is -0.273. The number of hydrogen-bond donors (Lipinski definition) is 1. The van der Waals surface area contributed by atoms with Gasteiger partial charge in [-0.25, -0.2) is 4.89 Å². The summed E-state index contributed by atoms with van der Waals surface area (Å²) in [4.78, 5) is 4.27. The van der Waals surface area contributed by atoms with Gasteiger partial charge < -0.3 is 0 Å². The predicted octanol–water partition coefficient (Wildman–Crippen LogP) is 3.15. The van der Waals surface area contributed by atoms with E-state index in [1.165, 1.54) is 36.8 Å². The van der Waals surface area contributed by atoms with Gasteiger partial charge in [0.1, 0.15) is 0 Å². The summed E-state index contributed by atoms with van der Waals surface area (Å²) in [6.45, 7) is 4.09. The molecule has 1 unspecified atom stereocenters. The summed E-state index contributed by atoms with van der Waals surface area (Å²) in [5, 5.41) is 8.43. The van der Waals surface area contributed by atoms with Gasteiger partial charge in [-0.15, -0.1) is 0 Å². The van der Waals surface area contributed by atoms with Crippen molar-refractivity contribution in [3.05, 3.63) is 11.1 Å². The van der Waals surface area contributed by atoms with Crippen LogP contribution in [0.15, 0.2) is 11.1 Å². The van der Waals surface area contributed by atoms with E-state index in [4.69, 9.17) is 5.26 Å². The Labute approximate surface area is 74.2 Å². The van der Waals surface area contributed by atoms with Crippen molar-refractivity contribution < 1.29 is 10.1 Å². The Morgan fingerprint density at radius 3 is 2.67 bits per heavy atom. The van der Waals surface area contributed by atoms with E-state index in [9.17, 15) is 0 Å². The summed E-state index contributed by atoms with van der Waals surface area (Å²) < 4.78 is 0. The van der Waals surface area contributed by atoms with E-state index in [0.29, 0.717) is 0 Å². The molecule has 2 heteroatoms. The van der Waals surface area contributed by atoms with Crippen LogP contribution < -0.4 is 0 Å². The highest BCUT2D eigenvalue weighted by Gasteiger charge is 2.12. The van der Waals surface area contributed by atoms with Gasteiger partial charge >= 0.3 is 0 Å². The van der Waals surface area contributed by atoms with Crippen molar-refractivity contribution in [2.24, 2.45) is 0 Å². The third kappa shape index (κ3) is 2.61. The molecule has 1 rings (SSSR count). The SMILES string of the molecule is CC1=C(CC(C)OO)CCCC1. The third-order valence-corrected chi connectivity index (χ3v) is 2.60. The summed E-state index contributed by atoms with van der Waals surface area (Å²) >= 11 is 0. The third-order valence-electron chi connectivity index (χ3n) is 2.60. The molecule has 0 saturated heterocycles. The molecule has 0 aliphatic heterocycles. The highest BCUT2D eigenvalue weighted by Crippen LogP contribution is 2.27. The van der Waals surface area contributed by atoms with Crippen LogP contribution in [0.2, 0.25) is 0 Å². The summed E-state index contributed by atoms with van der Waals surface area (Å²) in [7, 11) is 0. The first-order valence-electron chi connectivity index (χ1n) is 4.71. The lowest BCUT2D eigenvalue weighted by Gasteiger charge is -2.19. The molecule has 0 fully saturated rings. The van der Waals surface area contributed by atoms with Crippen LogP contribution in [0, 0.1) is 0 Å². The van der Waals surface area contributed by atoms with Crippen molar-refractivity contribution >= 4 is 0 Å². The molecule has 0 radical (unpaired) electrons. The number of hydrogen-bond acceptors (Lipinski definition) is 2. The highest BCUT2D eigenvalue weighted by molar-refractivity contribution is 5.15. The van der Waals surface area contributed by atoms with E-state index in [1.807, 2.05) is 6.92 Å². The zero-order valence-corrected chi connectivity index (χ0v) is 7.97. The standard InChI is InChI=1S/C10H18O2/c1-8-5-3-4-6-10(8)7-9(2)12-11/h9,11H,3-7H2,1-2H3. The lowest BCUT2D eigenvalue weighted by atomic mass is 9.90. The van der Waals surface area contributed by atoms with Gasteiger partial charge in [-0.05, 0) is 46.0 Å². The lowest BCUT2D eigenvalue weighted by Crippen LogP contribution is -2.09. The maximum Gasteiger partial charge on any atom is 0.0936 e. The van der Waals surface area contributed by atoms with Gasteiger partial charge in [-0.2, -0.15) is 0 Å². The van der Waals surface area contributed by atoms with E-state index in [-0.39, 0.29) is 6.10 Å². The second kappa shape index (κ2) is 4.63. The molecule has 0 aromatic carbocycles. The molecule has 0 saturated carbocycles. The van der Waals surface area contributed by atoms with Gasteiger partial charge in [0.05, 0.1) is 6.10 Å². The zero-order chi connectivity index (χ0) is 8.97. The fraction of sp³-hybridized carbons (Fsp3) is 0.800. The molecule has 0 aromatic heterocycles. The van der Waals surface area contributed by atoms with Crippen LogP contribution >= 0.6 is 0 Å². The molecule has 1 aliphatic carbocycles. The minimum absolute atomic E-state index is 0.0481. The number of allylic oxidation sites excluding steroid dienone is 1. The topological polar surface area (TPSA) is 29.5 Å². The Morgan fingerprint density at radius 1 is 1.42 bits per heavy atom. The number of rotatable bonds is 3. The van der Waals surface area contributed by atoms with Crippen LogP contribution in [0.25, 0.3) is 0 Å². The fourth-order valence-corrected chi connectivity index (χ4v) is 1.78. The van der Waals surface area contributed by atoms with Crippen molar-refractivity contribution in [3.63, 3.8) is 0 Å². The van der Waals surface area contributed by atoms with Gasteiger partial charge in [0.25, 0.3) is 0 Å². The smallest absolute Gasteiger partial charge is 0.0936 e. The van der Waals surface area contributed by atoms with Crippen LogP contribution in [0.1, 0.15) is 46.0 Å². The summed E-state index contributed by atoms with van der Waals surface area (Å²) in [5.74, 6) is 0. The first-order chi connectivity index (χ1) is 5.74. The molecule has 1 aliphatic rings. The van der Waals surface area contributed by atoms with Crippen molar-refractivity contribution in [2.45, 2.75) is 52.1 Å². The van der Waals surface area contributed by atoms with Gasteiger partial charge in [-0.3, -0.25) is 5.26 Å². The summed E-state index contributed by atoms with van der Waals surface area (Å²) in [5.41, 5.74) is 2.99. The molecule has 0 heterocycles. The summed E-state index contributed by atoms with van der Waals surface area (Å²) in [6, 6.07) is 0. The van der Waals surface area contributed by atoms with Gasteiger partial charge in [-0.1, -0.05) is 11.1 Å². The maximum absolute atomic E-state index is 8.43. The van der Waals surface area contributed by atoms with Crippen LogP contribution in [0.3, 0.4) is 0 Å². The molecule has 0 spiro atoms. The Hall–Kier alpha value is -0.340.